The Morgan fingerprint density at radius 3 is 2.59 bits per heavy atom. The fourth-order valence-electron chi connectivity index (χ4n) is 2.99. The summed E-state index contributed by atoms with van der Waals surface area (Å²) >= 11 is 0. The molecule has 0 aromatic heterocycles. The number of allylic oxidation sites excluding steroid dienone is 1. The summed E-state index contributed by atoms with van der Waals surface area (Å²) < 4.78 is 16.2. The van der Waals surface area contributed by atoms with E-state index in [1.807, 2.05) is 0 Å². The molecule has 0 saturated heterocycles. The standard InChI is InChI=1S/C20H28N2O5/c1-6-7-8-11-27-19(23)17-13(2)22(3)20(24)21-18(17)15-12-14(25-4)9-10-16(15)26-5/h9-10,12,18H,6-8,11H2,1-5H3,(H,21,24)/t18-/m0/s1. The van der Waals surface area contributed by atoms with E-state index in [1.165, 1.54) is 4.90 Å². The van der Waals surface area contributed by atoms with Crippen LogP contribution in [0.3, 0.4) is 0 Å². The summed E-state index contributed by atoms with van der Waals surface area (Å²) in [6.45, 7) is 4.18. The number of carbonyl (C=O) groups is 2. The van der Waals surface area contributed by atoms with Crippen molar-refractivity contribution in [3.05, 3.63) is 35.0 Å². The molecule has 1 aromatic carbocycles. The summed E-state index contributed by atoms with van der Waals surface area (Å²) in [6.07, 6.45) is 2.85. The maximum atomic E-state index is 12.8. The quantitative estimate of drug-likeness (QED) is 0.556. The molecule has 7 nitrogen and oxygen atoms in total. The Bertz CT molecular complexity index is 729. The Hall–Kier alpha value is -2.70. The van der Waals surface area contributed by atoms with E-state index in [2.05, 4.69) is 12.2 Å². The van der Waals surface area contributed by atoms with Gasteiger partial charge in [0.05, 0.1) is 32.4 Å². The van der Waals surface area contributed by atoms with Gasteiger partial charge >= 0.3 is 12.0 Å². The number of ether oxygens (including phenoxy) is 3. The molecule has 1 heterocycles. The maximum Gasteiger partial charge on any atom is 0.338 e. The highest BCUT2D eigenvalue weighted by molar-refractivity contribution is 5.95. The van der Waals surface area contributed by atoms with E-state index in [9.17, 15) is 9.59 Å². The van der Waals surface area contributed by atoms with E-state index >= 15 is 0 Å². The van der Waals surface area contributed by atoms with Crippen molar-refractivity contribution in [1.29, 1.82) is 0 Å². The smallest absolute Gasteiger partial charge is 0.338 e. The average Bonchev–Trinajstić information content (AvgIpc) is 2.68. The van der Waals surface area contributed by atoms with Crippen LogP contribution in [-0.2, 0) is 9.53 Å². The van der Waals surface area contributed by atoms with Crippen molar-refractivity contribution >= 4 is 12.0 Å². The number of carbonyl (C=O) groups excluding carboxylic acids is 2. The van der Waals surface area contributed by atoms with Crippen LogP contribution in [0.5, 0.6) is 11.5 Å². The Kier molecular flexibility index (Phi) is 7.10. The molecule has 0 unspecified atom stereocenters. The molecule has 7 heteroatoms. The maximum absolute atomic E-state index is 12.8. The molecular weight excluding hydrogens is 348 g/mol. The third-order valence-corrected chi connectivity index (χ3v) is 4.70. The minimum atomic E-state index is -0.683. The fraction of sp³-hybridized carbons (Fsp3) is 0.500. The second kappa shape index (κ2) is 9.30. The molecule has 1 aliphatic heterocycles. The van der Waals surface area contributed by atoms with Crippen LogP contribution in [0.4, 0.5) is 4.79 Å². The van der Waals surface area contributed by atoms with Gasteiger partial charge in [0.1, 0.15) is 11.5 Å². The number of urea groups is 1. The lowest BCUT2D eigenvalue weighted by molar-refractivity contribution is -0.139. The zero-order valence-corrected chi connectivity index (χ0v) is 16.6. The van der Waals surface area contributed by atoms with Crippen molar-refractivity contribution in [2.24, 2.45) is 0 Å². The Labute approximate surface area is 160 Å². The molecule has 0 saturated carbocycles. The van der Waals surface area contributed by atoms with Gasteiger partial charge < -0.3 is 24.4 Å². The number of nitrogens with one attached hydrogen (secondary N) is 1. The van der Waals surface area contributed by atoms with Crippen molar-refractivity contribution in [2.45, 2.75) is 39.2 Å². The zero-order chi connectivity index (χ0) is 20.0. The van der Waals surface area contributed by atoms with Crippen molar-refractivity contribution in [2.75, 3.05) is 27.9 Å². The van der Waals surface area contributed by atoms with E-state index in [0.717, 1.165) is 19.3 Å². The molecule has 2 amide bonds. The lowest BCUT2D eigenvalue weighted by atomic mass is 9.94. The molecular formula is C20H28N2O5. The van der Waals surface area contributed by atoms with Gasteiger partial charge in [-0.25, -0.2) is 9.59 Å². The number of unbranched alkanes of at least 4 members (excludes halogenated alkanes) is 2. The Balaban J connectivity index is 2.43. The first-order valence-electron chi connectivity index (χ1n) is 9.08. The van der Waals surface area contributed by atoms with Crippen LogP contribution >= 0.6 is 0 Å². The van der Waals surface area contributed by atoms with Crippen LogP contribution in [0.1, 0.15) is 44.7 Å². The van der Waals surface area contributed by atoms with E-state index in [0.29, 0.717) is 34.9 Å². The summed E-state index contributed by atoms with van der Waals surface area (Å²) in [7, 11) is 4.72. The van der Waals surface area contributed by atoms with Gasteiger partial charge in [-0.2, -0.15) is 0 Å². The lowest BCUT2D eigenvalue weighted by Crippen LogP contribution is -2.46. The molecule has 0 fully saturated rings. The predicted octanol–water partition coefficient (Wildman–Crippen LogP) is 3.41. The third kappa shape index (κ3) is 4.53. The van der Waals surface area contributed by atoms with Crippen molar-refractivity contribution in [3.8, 4) is 11.5 Å². The van der Waals surface area contributed by atoms with Crippen LogP contribution in [0, 0.1) is 0 Å². The Morgan fingerprint density at radius 1 is 1.22 bits per heavy atom. The lowest BCUT2D eigenvalue weighted by Gasteiger charge is -2.33. The van der Waals surface area contributed by atoms with E-state index < -0.39 is 12.0 Å². The van der Waals surface area contributed by atoms with Crippen LogP contribution in [-0.4, -0.2) is 44.8 Å². The minimum absolute atomic E-state index is 0.301. The van der Waals surface area contributed by atoms with Gasteiger partial charge in [0.25, 0.3) is 0 Å². The number of esters is 1. The SMILES string of the molecule is CCCCCOC(=O)C1=C(C)N(C)C(=O)N[C@H]1c1cc(OC)ccc1OC. The second-order valence-electron chi connectivity index (χ2n) is 6.39. The van der Waals surface area contributed by atoms with E-state index in [4.69, 9.17) is 14.2 Å². The molecule has 0 bridgehead atoms. The summed E-state index contributed by atoms with van der Waals surface area (Å²) in [5, 5.41) is 2.86. The molecule has 1 aliphatic rings. The highest BCUT2D eigenvalue weighted by Gasteiger charge is 2.36. The first-order valence-corrected chi connectivity index (χ1v) is 9.08. The largest absolute Gasteiger partial charge is 0.497 e. The first kappa shape index (κ1) is 20.6. The van der Waals surface area contributed by atoms with Gasteiger partial charge in [-0.3, -0.25) is 0 Å². The molecule has 0 spiro atoms. The molecule has 27 heavy (non-hydrogen) atoms. The van der Waals surface area contributed by atoms with Gasteiger partial charge in [0.2, 0.25) is 0 Å². The van der Waals surface area contributed by atoms with Crippen LogP contribution in [0.15, 0.2) is 29.5 Å². The Morgan fingerprint density at radius 2 is 1.96 bits per heavy atom. The van der Waals surface area contributed by atoms with Crippen LogP contribution < -0.4 is 14.8 Å². The highest BCUT2D eigenvalue weighted by atomic mass is 16.5. The summed E-state index contributed by atoms with van der Waals surface area (Å²) in [5.74, 6) is 0.715. The molecule has 1 N–H and O–H groups in total. The summed E-state index contributed by atoms with van der Waals surface area (Å²) in [6, 6.07) is 4.28. The van der Waals surface area contributed by atoms with Gasteiger partial charge in [0.15, 0.2) is 0 Å². The van der Waals surface area contributed by atoms with E-state index in [1.54, 1.807) is 46.4 Å². The topological polar surface area (TPSA) is 77.1 Å². The second-order valence-corrected chi connectivity index (χ2v) is 6.39. The number of hydrogen-bond donors (Lipinski definition) is 1. The molecule has 2 rings (SSSR count). The van der Waals surface area contributed by atoms with Gasteiger partial charge in [-0.15, -0.1) is 0 Å². The first-order chi connectivity index (χ1) is 12.9. The predicted molar refractivity (Wildman–Crippen MR) is 102 cm³/mol. The molecule has 1 aromatic rings. The van der Waals surface area contributed by atoms with Gasteiger partial charge in [-0.05, 0) is 31.5 Å². The van der Waals surface area contributed by atoms with Crippen LogP contribution in [0.25, 0.3) is 0 Å². The highest BCUT2D eigenvalue weighted by Crippen LogP contribution is 2.37. The fourth-order valence-corrected chi connectivity index (χ4v) is 2.99. The molecule has 1 atom stereocenters. The summed E-state index contributed by atoms with van der Waals surface area (Å²) in [5.41, 5.74) is 1.58. The molecule has 0 aliphatic carbocycles. The number of methoxy groups -OCH3 is 2. The summed E-state index contributed by atoms with van der Waals surface area (Å²) in [4.78, 5) is 26.6. The molecule has 148 valence electrons. The number of hydrogen-bond acceptors (Lipinski definition) is 5. The average molecular weight is 376 g/mol. The molecule has 0 radical (unpaired) electrons. The monoisotopic (exact) mass is 376 g/mol. The van der Waals surface area contributed by atoms with E-state index in [-0.39, 0.29) is 6.03 Å². The van der Waals surface area contributed by atoms with Crippen molar-refractivity contribution in [3.63, 3.8) is 0 Å². The third-order valence-electron chi connectivity index (χ3n) is 4.70. The van der Waals surface area contributed by atoms with Crippen molar-refractivity contribution < 1.29 is 23.8 Å². The minimum Gasteiger partial charge on any atom is -0.497 e. The number of amides is 2. The van der Waals surface area contributed by atoms with Crippen LogP contribution in [0.2, 0.25) is 0 Å². The number of nitrogens with zero attached hydrogens (tertiary/aromatic N) is 1. The number of benzene rings is 1. The van der Waals surface area contributed by atoms with Crippen molar-refractivity contribution in [1.82, 2.24) is 10.2 Å². The number of rotatable bonds is 8. The van der Waals surface area contributed by atoms with Gasteiger partial charge in [0, 0.05) is 18.3 Å². The van der Waals surface area contributed by atoms with Gasteiger partial charge in [-0.1, -0.05) is 19.8 Å². The zero-order valence-electron chi connectivity index (χ0n) is 16.6. The normalized spacial score (nSPS) is 16.9.